The van der Waals surface area contributed by atoms with Gasteiger partial charge in [0.1, 0.15) is 9.61 Å². The Balaban J connectivity index is 2.36. The van der Waals surface area contributed by atoms with Crippen LogP contribution in [0.5, 0.6) is 0 Å². The molecule has 2 aromatic rings. The van der Waals surface area contributed by atoms with Gasteiger partial charge in [0.05, 0.1) is 4.88 Å². The summed E-state index contributed by atoms with van der Waals surface area (Å²) in [6.45, 7) is 4.89. The van der Waals surface area contributed by atoms with Gasteiger partial charge in [0.2, 0.25) is 0 Å². The van der Waals surface area contributed by atoms with E-state index in [1.807, 2.05) is 0 Å². The average Bonchev–Trinajstić information content (AvgIpc) is 2.71. The Morgan fingerprint density at radius 3 is 2.41 bits per heavy atom. The fourth-order valence-electron chi connectivity index (χ4n) is 1.63. The monoisotopic (exact) mass is 310 g/mol. The van der Waals surface area contributed by atoms with Crippen molar-refractivity contribution in [3.05, 3.63) is 39.4 Å². The molecule has 4 heteroatoms. The van der Waals surface area contributed by atoms with Crippen molar-refractivity contribution >= 4 is 27.3 Å². The lowest BCUT2D eigenvalue weighted by Gasteiger charge is -2.05. The molecule has 90 valence electrons. The van der Waals surface area contributed by atoms with Crippen LogP contribution in [0.15, 0.2) is 28.9 Å². The minimum atomic E-state index is 0.493. The highest BCUT2D eigenvalue weighted by atomic mass is 79.9. The second kappa shape index (κ2) is 5.29. The van der Waals surface area contributed by atoms with E-state index in [-0.39, 0.29) is 0 Å². The summed E-state index contributed by atoms with van der Waals surface area (Å²) in [7, 11) is 0. The molecule has 0 radical (unpaired) electrons. The van der Waals surface area contributed by atoms with E-state index in [4.69, 9.17) is 5.73 Å². The molecule has 2 nitrogen and oxygen atoms in total. The molecule has 17 heavy (non-hydrogen) atoms. The van der Waals surface area contributed by atoms with Crippen LogP contribution in [-0.4, -0.2) is 4.98 Å². The van der Waals surface area contributed by atoms with Gasteiger partial charge >= 0.3 is 0 Å². The van der Waals surface area contributed by atoms with Crippen LogP contribution in [0.3, 0.4) is 0 Å². The normalized spacial score (nSPS) is 11.1. The molecule has 0 unspecified atom stereocenters. The Morgan fingerprint density at radius 1 is 1.29 bits per heavy atom. The van der Waals surface area contributed by atoms with E-state index in [0.717, 1.165) is 14.5 Å². The number of nitrogens with two attached hydrogens (primary N) is 1. The molecule has 1 aromatic carbocycles. The minimum Gasteiger partial charge on any atom is -0.325 e. The Morgan fingerprint density at radius 2 is 1.94 bits per heavy atom. The zero-order valence-electron chi connectivity index (χ0n) is 9.90. The first-order valence-corrected chi connectivity index (χ1v) is 7.18. The first-order valence-electron chi connectivity index (χ1n) is 5.57. The third-order valence-corrected chi connectivity index (χ3v) is 4.61. The van der Waals surface area contributed by atoms with E-state index in [9.17, 15) is 0 Å². The average molecular weight is 311 g/mol. The van der Waals surface area contributed by atoms with Crippen LogP contribution in [0.1, 0.15) is 30.3 Å². The van der Waals surface area contributed by atoms with Gasteiger partial charge in [-0.05, 0) is 33.0 Å². The molecular weight excluding hydrogens is 296 g/mol. The molecule has 2 N–H and O–H groups in total. The maximum Gasteiger partial charge on any atom is 0.125 e. The van der Waals surface area contributed by atoms with Gasteiger partial charge in [-0.15, -0.1) is 11.3 Å². The summed E-state index contributed by atoms with van der Waals surface area (Å²) in [5.41, 5.74) is 8.15. The van der Waals surface area contributed by atoms with Gasteiger partial charge in [-0.2, -0.15) is 0 Å². The molecule has 0 amide bonds. The van der Waals surface area contributed by atoms with Crippen molar-refractivity contribution in [1.82, 2.24) is 4.98 Å². The molecule has 0 spiro atoms. The fraction of sp³-hybridized carbons (Fsp3) is 0.308. The van der Waals surface area contributed by atoms with Gasteiger partial charge < -0.3 is 5.73 Å². The van der Waals surface area contributed by atoms with E-state index in [1.54, 1.807) is 11.3 Å². The van der Waals surface area contributed by atoms with Crippen LogP contribution < -0.4 is 5.73 Å². The molecule has 0 saturated heterocycles. The molecule has 1 heterocycles. The highest BCUT2D eigenvalue weighted by molar-refractivity contribution is 9.10. The van der Waals surface area contributed by atoms with Gasteiger partial charge in [0.25, 0.3) is 0 Å². The van der Waals surface area contributed by atoms with Gasteiger partial charge in [-0.25, -0.2) is 4.98 Å². The standard InChI is InChI=1S/C13H15BrN2S/c1-8(2)9-3-5-10(6-4-9)12-13(14)16-11(7-15)17-12/h3-6,8H,7,15H2,1-2H3. The highest BCUT2D eigenvalue weighted by Gasteiger charge is 2.10. The Bertz CT molecular complexity index is 503. The molecule has 0 aliphatic heterocycles. The van der Waals surface area contributed by atoms with Crippen molar-refractivity contribution in [2.24, 2.45) is 5.73 Å². The number of nitrogens with zero attached hydrogens (tertiary/aromatic N) is 1. The van der Waals surface area contributed by atoms with Crippen LogP contribution in [0.25, 0.3) is 10.4 Å². The van der Waals surface area contributed by atoms with Crippen LogP contribution in [0, 0.1) is 0 Å². The topological polar surface area (TPSA) is 38.9 Å². The van der Waals surface area contributed by atoms with Gasteiger partial charge in [0, 0.05) is 6.54 Å². The number of rotatable bonds is 3. The van der Waals surface area contributed by atoms with E-state index < -0.39 is 0 Å². The number of halogens is 1. The van der Waals surface area contributed by atoms with E-state index in [1.165, 1.54) is 11.1 Å². The lowest BCUT2D eigenvalue weighted by atomic mass is 10.0. The Hall–Kier alpha value is -0.710. The van der Waals surface area contributed by atoms with Crippen molar-refractivity contribution in [1.29, 1.82) is 0 Å². The van der Waals surface area contributed by atoms with Crippen molar-refractivity contribution < 1.29 is 0 Å². The first-order chi connectivity index (χ1) is 8.11. The smallest absolute Gasteiger partial charge is 0.125 e. The lowest BCUT2D eigenvalue weighted by Crippen LogP contribution is -1.93. The summed E-state index contributed by atoms with van der Waals surface area (Å²) in [5, 5.41) is 0.958. The zero-order valence-corrected chi connectivity index (χ0v) is 12.3. The number of hydrogen-bond acceptors (Lipinski definition) is 3. The van der Waals surface area contributed by atoms with Gasteiger partial charge in [0.15, 0.2) is 0 Å². The third kappa shape index (κ3) is 2.76. The van der Waals surface area contributed by atoms with Crippen LogP contribution in [-0.2, 0) is 6.54 Å². The van der Waals surface area contributed by atoms with Crippen molar-refractivity contribution in [2.45, 2.75) is 26.3 Å². The predicted octanol–water partition coefficient (Wildman–Crippen LogP) is 4.15. The summed E-state index contributed by atoms with van der Waals surface area (Å²) < 4.78 is 0.889. The van der Waals surface area contributed by atoms with Crippen LogP contribution in [0.2, 0.25) is 0 Å². The SMILES string of the molecule is CC(C)c1ccc(-c2sc(CN)nc2Br)cc1. The largest absolute Gasteiger partial charge is 0.325 e. The summed E-state index contributed by atoms with van der Waals surface area (Å²) in [4.78, 5) is 5.53. The molecule has 2 rings (SSSR count). The van der Waals surface area contributed by atoms with Gasteiger partial charge in [-0.3, -0.25) is 0 Å². The van der Waals surface area contributed by atoms with Gasteiger partial charge in [-0.1, -0.05) is 38.1 Å². The molecule has 0 atom stereocenters. The highest BCUT2D eigenvalue weighted by Crippen LogP contribution is 2.34. The molecule has 0 aliphatic rings. The molecular formula is C13H15BrN2S. The maximum atomic E-state index is 5.60. The second-order valence-corrected chi connectivity index (χ2v) is 6.04. The summed E-state index contributed by atoms with van der Waals surface area (Å²) >= 11 is 5.13. The summed E-state index contributed by atoms with van der Waals surface area (Å²) in [6.07, 6.45) is 0. The van der Waals surface area contributed by atoms with E-state index >= 15 is 0 Å². The molecule has 0 saturated carbocycles. The molecule has 0 bridgehead atoms. The lowest BCUT2D eigenvalue weighted by molar-refractivity contribution is 0.867. The Kier molecular flexibility index (Phi) is 3.97. The van der Waals surface area contributed by atoms with E-state index in [0.29, 0.717) is 12.5 Å². The number of benzene rings is 1. The van der Waals surface area contributed by atoms with Crippen molar-refractivity contribution in [3.8, 4) is 10.4 Å². The number of aromatic nitrogens is 1. The molecule has 1 aromatic heterocycles. The fourth-order valence-corrected chi connectivity index (χ4v) is 3.27. The zero-order chi connectivity index (χ0) is 12.4. The minimum absolute atomic E-state index is 0.493. The number of hydrogen-bond donors (Lipinski definition) is 1. The maximum absolute atomic E-state index is 5.60. The number of thiazole rings is 1. The molecule has 0 aliphatic carbocycles. The summed E-state index contributed by atoms with van der Waals surface area (Å²) in [6, 6.07) is 8.64. The Labute approximate surface area is 114 Å². The van der Waals surface area contributed by atoms with Crippen LogP contribution in [0.4, 0.5) is 0 Å². The van der Waals surface area contributed by atoms with Crippen LogP contribution >= 0.6 is 27.3 Å². The molecule has 0 fully saturated rings. The predicted molar refractivity (Wildman–Crippen MR) is 77.2 cm³/mol. The summed E-state index contributed by atoms with van der Waals surface area (Å²) in [5.74, 6) is 0.563. The van der Waals surface area contributed by atoms with Crippen molar-refractivity contribution in [3.63, 3.8) is 0 Å². The first kappa shape index (κ1) is 12.7. The quantitative estimate of drug-likeness (QED) is 0.924. The second-order valence-electron chi connectivity index (χ2n) is 4.21. The third-order valence-electron chi connectivity index (χ3n) is 2.64. The van der Waals surface area contributed by atoms with Crippen molar-refractivity contribution in [2.75, 3.05) is 0 Å². The van der Waals surface area contributed by atoms with E-state index in [2.05, 4.69) is 59.0 Å².